The Bertz CT molecular complexity index is 3470. The van der Waals surface area contributed by atoms with E-state index in [4.69, 9.17) is 19.4 Å². The molecule has 57 heavy (non-hydrogen) atoms. The maximum absolute atomic E-state index is 7.02. The predicted octanol–water partition coefficient (Wildman–Crippen LogP) is 14.8. The lowest BCUT2D eigenvalue weighted by molar-refractivity contribution is 0.670. The first-order valence-electron chi connectivity index (χ1n) is 18.9. The maximum atomic E-state index is 7.02. The summed E-state index contributed by atoms with van der Waals surface area (Å²) in [6.07, 6.45) is 0. The Morgan fingerprint density at radius 3 is 1.51 bits per heavy atom. The van der Waals surface area contributed by atoms with E-state index in [9.17, 15) is 0 Å². The zero-order chi connectivity index (χ0) is 37.5. The highest BCUT2D eigenvalue weighted by molar-refractivity contribution is 7.26. The molecule has 0 N–H and O–H groups in total. The van der Waals surface area contributed by atoms with E-state index >= 15 is 0 Å². The van der Waals surface area contributed by atoms with E-state index in [-0.39, 0.29) is 0 Å². The molecular weight excluding hydrogens is 735 g/mol. The third-order valence-corrected chi connectivity index (χ3v) is 13.4. The molecule has 0 aliphatic carbocycles. The quantitative estimate of drug-likeness (QED) is 0.175. The number of aromatic nitrogens is 3. The Morgan fingerprint density at radius 1 is 0.351 bits per heavy atom. The average molecular weight is 764 g/mol. The van der Waals surface area contributed by atoms with Crippen molar-refractivity contribution in [3.8, 4) is 56.4 Å². The Balaban J connectivity index is 1.18. The van der Waals surface area contributed by atoms with Gasteiger partial charge in [0.25, 0.3) is 0 Å². The van der Waals surface area contributed by atoms with E-state index in [1.54, 1.807) is 0 Å². The minimum Gasteiger partial charge on any atom is -0.455 e. The summed E-state index contributed by atoms with van der Waals surface area (Å²) in [7, 11) is 0. The lowest BCUT2D eigenvalue weighted by Gasteiger charge is -2.11. The molecule has 12 aromatic rings. The van der Waals surface area contributed by atoms with Crippen molar-refractivity contribution in [2.75, 3.05) is 0 Å². The van der Waals surface area contributed by atoms with Crippen molar-refractivity contribution in [1.82, 2.24) is 15.0 Å². The van der Waals surface area contributed by atoms with E-state index in [0.717, 1.165) is 55.3 Å². The van der Waals surface area contributed by atoms with Gasteiger partial charge in [0, 0.05) is 78.9 Å². The van der Waals surface area contributed by atoms with Crippen LogP contribution in [0.1, 0.15) is 0 Å². The summed E-state index contributed by atoms with van der Waals surface area (Å²) < 4.78 is 12.1. The number of benzene rings is 8. The van der Waals surface area contributed by atoms with Gasteiger partial charge in [-0.2, -0.15) is 0 Å². The summed E-state index contributed by atoms with van der Waals surface area (Å²) >= 11 is 3.69. The fraction of sp³-hybridized carbons (Fsp3) is 0. The van der Waals surface area contributed by atoms with Crippen LogP contribution in [0.4, 0.5) is 0 Å². The van der Waals surface area contributed by atoms with E-state index in [2.05, 4.69) is 109 Å². The molecule has 0 spiro atoms. The number of thiophene rings is 2. The second-order valence-electron chi connectivity index (χ2n) is 14.3. The molecule has 0 radical (unpaired) electrons. The van der Waals surface area contributed by atoms with Crippen molar-refractivity contribution in [2.24, 2.45) is 0 Å². The summed E-state index contributed by atoms with van der Waals surface area (Å²) in [5.74, 6) is 1.85. The van der Waals surface area contributed by atoms with Crippen LogP contribution in [0.2, 0.25) is 0 Å². The van der Waals surface area contributed by atoms with Crippen LogP contribution in [0.15, 0.2) is 180 Å². The van der Waals surface area contributed by atoms with Crippen LogP contribution in [0.3, 0.4) is 0 Å². The average Bonchev–Trinajstić information content (AvgIpc) is 3.98. The minimum absolute atomic E-state index is 0.598. The van der Waals surface area contributed by atoms with Crippen molar-refractivity contribution in [1.29, 1.82) is 0 Å². The number of hydrogen-bond acceptors (Lipinski definition) is 6. The molecule has 0 fully saturated rings. The fourth-order valence-electron chi connectivity index (χ4n) is 8.33. The maximum Gasteiger partial charge on any atom is 0.164 e. The summed E-state index contributed by atoms with van der Waals surface area (Å²) in [6, 6.07) is 61.9. The normalized spacial score (nSPS) is 11.9. The van der Waals surface area contributed by atoms with Crippen LogP contribution in [-0.2, 0) is 0 Å². The number of hydrogen-bond donors (Lipinski definition) is 0. The smallest absolute Gasteiger partial charge is 0.164 e. The second kappa shape index (κ2) is 12.8. The van der Waals surface area contributed by atoms with Gasteiger partial charge in [0.05, 0.1) is 0 Å². The molecule has 4 nitrogen and oxygen atoms in total. The van der Waals surface area contributed by atoms with E-state index in [1.807, 2.05) is 89.4 Å². The molecule has 0 saturated heterocycles. The summed E-state index contributed by atoms with van der Waals surface area (Å²) in [4.78, 5) is 15.3. The second-order valence-corrected chi connectivity index (χ2v) is 16.4. The number of furan rings is 1. The number of fused-ring (bicyclic) bond motifs is 9. The van der Waals surface area contributed by atoms with Crippen LogP contribution in [-0.4, -0.2) is 15.0 Å². The van der Waals surface area contributed by atoms with Gasteiger partial charge in [0.15, 0.2) is 17.5 Å². The zero-order valence-electron chi connectivity index (χ0n) is 30.3. The van der Waals surface area contributed by atoms with Gasteiger partial charge in [-0.25, -0.2) is 15.0 Å². The Kier molecular flexibility index (Phi) is 7.24. The minimum atomic E-state index is 0.598. The highest BCUT2D eigenvalue weighted by atomic mass is 32.1. The lowest BCUT2D eigenvalue weighted by atomic mass is 9.93. The molecule has 0 bridgehead atoms. The van der Waals surface area contributed by atoms with Gasteiger partial charge in [-0.15, -0.1) is 22.7 Å². The van der Waals surface area contributed by atoms with Gasteiger partial charge in [-0.1, -0.05) is 146 Å². The Labute approximate surface area is 335 Å². The Hall–Kier alpha value is -6.99. The molecule has 0 atom stereocenters. The zero-order valence-corrected chi connectivity index (χ0v) is 31.9. The molecule has 0 amide bonds. The van der Waals surface area contributed by atoms with Gasteiger partial charge in [0.2, 0.25) is 0 Å². The van der Waals surface area contributed by atoms with Gasteiger partial charge in [0.1, 0.15) is 11.2 Å². The molecular formula is C51H29N3OS2. The number of rotatable bonds is 5. The largest absolute Gasteiger partial charge is 0.455 e. The molecule has 0 saturated carbocycles. The molecule has 4 aromatic heterocycles. The molecule has 6 heteroatoms. The van der Waals surface area contributed by atoms with Crippen molar-refractivity contribution in [3.63, 3.8) is 0 Å². The first kappa shape index (κ1) is 32.3. The van der Waals surface area contributed by atoms with E-state index < -0.39 is 0 Å². The summed E-state index contributed by atoms with van der Waals surface area (Å²) in [5, 5.41) is 7.07. The SMILES string of the molecule is c1ccc(-c2nc(-c3ccccc3)nc(-c3cccc4oc5c(-c6cccc7c6sc6ccccc67)cc(-c6cccc7c6sc6ccccc67)cc5c34)n2)cc1. The van der Waals surface area contributed by atoms with Gasteiger partial charge in [-0.05, 0) is 41.5 Å². The first-order chi connectivity index (χ1) is 28.2. The van der Waals surface area contributed by atoms with Crippen molar-refractivity contribution in [2.45, 2.75) is 0 Å². The van der Waals surface area contributed by atoms with Crippen molar-refractivity contribution < 1.29 is 4.42 Å². The topological polar surface area (TPSA) is 51.8 Å². The van der Waals surface area contributed by atoms with Crippen LogP contribution < -0.4 is 0 Å². The predicted molar refractivity (Wildman–Crippen MR) is 240 cm³/mol. The Morgan fingerprint density at radius 2 is 0.860 bits per heavy atom. The highest BCUT2D eigenvalue weighted by Gasteiger charge is 2.23. The standard InChI is InChI=1S/C51H29N3OS2/c1-3-14-30(15-4-1)49-52-50(31-16-5-2-6-17-31)54-51(53-49)39-24-13-25-42-45(39)41-29-32(33-20-11-21-36-34-18-7-9-26-43(34)56-47(33)36)28-40(46(41)55-42)38-23-12-22-37-35-19-8-10-27-44(35)57-48(37)38/h1-29H. The highest BCUT2D eigenvalue weighted by Crippen LogP contribution is 2.48. The number of nitrogens with zero attached hydrogens (tertiary/aromatic N) is 3. The third-order valence-electron chi connectivity index (χ3n) is 10.9. The first-order valence-corrected chi connectivity index (χ1v) is 20.6. The van der Waals surface area contributed by atoms with Crippen LogP contribution in [0.5, 0.6) is 0 Å². The molecule has 8 aromatic carbocycles. The summed E-state index contributed by atoms with van der Waals surface area (Å²) in [6.45, 7) is 0. The summed E-state index contributed by atoms with van der Waals surface area (Å²) in [5.41, 5.74) is 8.93. The van der Waals surface area contributed by atoms with Crippen LogP contribution >= 0.6 is 22.7 Å². The van der Waals surface area contributed by atoms with Gasteiger partial charge < -0.3 is 4.42 Å². The van der Waals surface area contributed by atoms with E-state index in [1.165, 1.54) is 45.9 Å². The van der Waals surface area contributed by atoms with Crippen molar-refractivity contribution in [3.05, 3.63) is 176 Å². The van der Waals surface area contributed by atoms with Crippen molar-refractivity contribution >= 4 is 85.0 Å². The molecule has 4 heterocycles. The molecule has 266 valence electrons. The monoisotopic (exact) mass is 763 g/mol. The molecule has 0 aliphatic heterocycles. The fourth-order valence-corrected chi connectivity index (χ4v) is 10.8. The van der Waals surface area contributed by atoms with E-state index in [0.29, 0.717) is 17.5 Å². The van der Waals surface area contributed by atoms with Crippen LogP contribution in [0, 0.1) is 0 Å². The third kappa shape index (κ3) is 5.15. The molecule has 12 rings (SSSR count). The molecule has 0 unspecified atom stereocenters. The van der Waals surface area contributed by atoms with Gasteiger partial charge >= 0.3 is 0 Å². The lowest BCUT2D eigenvalue weighted by Crippen LogP contribution is -2.00. The molecule has 0 aliphatic rings. The van der Waals surface area contributed by atoms with Gasteiger partial charge in [-0.3, -0.25) is 0 Å². The van der Waals surface area contributed by atoms with Crippen LogP contribution in [0.25, 0.3) is 119 Å².